The van der Waals surface area contributed by atoms with Crippen molar-refractivity contribution in [3.05, 3.63) is 16.1 Å². The normalized spacial score (nSPS) is 18.2. The maximum absolute atomic E-state index is 5.93. The molecule has 2 nitrogen and oxygen atoms in total. The zero-order valence-corrected chi connectivity index (χ0v) is 8.32. The van der Waals surface area contributed by atoms with Gasteiger partial charge in [0, 0.05) is 11.3 Å². The van der Waals surface area contributed by atoms with Crippen molar-refractivity contribution in [1.82, 2.24) is 4.98 Å². The number of rotatable bonds is 2. The van der Waals surface area contributed by atoms with Crippen LogP contribution in [0.5, 0.6) is 0 Å². The Balaban J connectivity index is 2.23. The van der Waals surface area contributed by atoms with Gasteiger partial charge in [0.05, 0.1) is 16.2 Å². The number of thiazole rings is 1. The summed E-state index contributed by atoms with van der Waals surface area (Å²) in [6, 6.07) is 0. The Kier molecular flexibility index (Phi) is 1.73. The predicted molar refractivity (Wildman–Crippen MR) is 51.3 cm³/mol. The minimum atomic E-state index is -0.274. The minimum Gasteiger partial charge on any atom is -0.321 e. The summed E-state index contributed by atoms with van der Waals surface area (Å²) in [6.45, 7) is 4.00. The van der Waals surface area contributed by atoms with Crippen LogP contribution >= 0.6 is 11.3 Å². The average Bonchev–Trinajstić information content (AvgIpc) is 2.66. The first-order valence-electron chi connectivity index (χ1n) is 4.32. The Morgan fingerprint density at radius 3 is 2.67 bits per heavy atom. The monoisotopic (exact) mass is 182 g/mol. The Morgan fingerprint density at radius 1 is 1.58 bits per heavy atom. The maximum Gasteiger partial charge on any atom is 0.0960 e. The maximum atomic E-state index is 5.93. The molecule has 1 aliphatic rings. The van der Waals surface area contributed by atoms with E-state index >= 15 is 0 Å². The predicted octanol–water partition coefficient (Wildman–Crippen LogP) is 2.21. The standard InChI is InChI=1S/C9H14N2S/c1-9(2,10)7-5-12-8(11-7)6-3-4-6/h5-6H,3-4,10H2,1-2H3. The molecule has 0 radical (unpaired) electrons. The van der Waals surface area contributed by atoms with Gasteiger partial charge in [0.1, 0.15) is 0 Å². The third-order valence-corrected chi connectivity index (χ3v) is 3.12. The van der Waals surface area contributed by atoms with Gasteiger partial charge in [-0.05, 0) is 26.7 Å². The van der Waals surface area contributed by atoms with Gasteiger partial charge in [-0.25, -0.2) is 4.98 Å². The summed E-state index contributed by atoms with van der Waals surface area (Å²) < 4.78 is 0. The number of nitrogens with two attached hydrogens (primary N) is 1. The van der Waals surface area contributed by atoms with Crippen molar-refractivity contribution >= 4 is 11.3 Å². The van der Waals surface area contributed by atoms with Crippen molar-refractivity contribution in [2.75, 3.05) is 0 Å². The number of hydrogen-bond acceptors (Lipinski definition) is 3. The van der Waals surface area contributed by atoms with Gasteiger partial charge in [0.15, 0.2) is 0 Å². The van der Waals surface area contributed by atoms with Crippen molar-refractivity contribution < 1.29 is 0 Å². The molecule has 0 saturated heterocycles. The molecule has 2 rings (SSSR count). The minimum absolute atomic E-state index is 0.274. The van der Waals surface area contributed by atoms with Gasteiger partial charge in [-0.1, -0.05) is 0 Å². The van der Waals surface area contributed by atoms with Gasteiger partial charge in [-0.2, -0.15) is 0 Å². The van der Waals surface area contributed by atoms with Crippen molar-refractivity contribution in [3.63, 3.8) is 0 Å². The second-order valence-corrected chi connectivity index (χ2v) is 4.96. The summed E-state index contributed by atoms with van der Waals surface area (Å²) in [7, 11) is 0. The van der Waals surface area contributed by atoms with Crippen LogP contribution in [0.3, 0.4) is 0 Å². The number of nitrogens with zero attached hydrogens (tertiary/aromatic N) is 1. The van der Waals surface area contributed by atoms with Gasteiger partial charge in [-0.15, -0.1) is 11.3 Å². The van der Waals surface area contributed by atoms with Crippen LogP contribution in [0.1, 0.15) is 43.3 Å². The van der Waals surface area contributed by atoms with E-state index in [0.29, 0.717) is 0 Å². The molecule has 0 amide bonds. The zero-order chi connectivity index (χ0) is 8.77. The average molecular weight is 182 g/mol. The first-order valence-corrected chi connectivity index (χ1v) is 5.20. The molecule has 0 bridgehead atoms. The van der Waals surface area contributed by atoms with Gasteiger partial charge < -0.3 is 5.73 Å². The summed E-state index contributed by atoms with van der Waals surface area (Å²) in [5.41, 5.74) is 6.70. The van der Waals surface area contributed by atoms with Crippen LogP contribution in [-0.4, -0.2) is 4.98 Å². The van der Waals surface area contributed by atoms with E-state index in [9.17, 15) is 0 Å². The molecule has 1 aromatic rings. The molecule has 0 atom stereocenters. The highest BCUT2D eigenvalue weighted by molar-refractivity contribution is 7.09. The number of aromatic nitrogens is 1. The summed E-state index contributed by atoms with van der Waals surface area (Å²) in [4.78, 5) is 4.54. The van der Waals surface area contributed by atoms with Gasteiger partial charge >= 0.3 is 0 Å². The lowest BCUT2D eigenvalue weighted by Gasteiger charge is -2.14. The molecule has 0 spiro atoms. The lowest BCUT2D eigenvalue weighted by atomic mass is 10.0. The Bertz CT molecular complexity index is 281. The molecule has 3 heteroatoms. The highest BCUT2D eigenvalue weighted by atomic mass is 32.1. The lowest BCUT2D eigenvalue weighted by molar-refractivity contribution is 0.537. The first-order chi connectivity index (χ1) is 5.57. The summed E-state index contributed by atoms with van der Waals surface area (Å²) >= 11 is 1.76. The molecule has 2 N–H and O–H groups in total. The Labute approximate surface area is 76.8 Å². The molecule has 12 heavy (non-hydrogen) atoms. The third-order valence-electron chi connectivity index (χ3n) is 2.11. The summed E-state index contributed by atoms with van der Waals surface area (Å²) in [5, 5.41) is 3.37. The highest BCUT2D eigenvalue weighted by Gasteiger charge is 2.28. The van der Waals surface area contributed by atoms with E-state index in [-0.39, 0.29) is 5.54 Å². The van der Waals surface area contributed by atoms with E-state index < -0.39 is 0 Å². The topological polar surface area (TPSA) is 38.9 Å². The smallest absolute Gasteiger partial charge is 0.0960 e. The van der Waals surface area contributed by atoms with Gasteiger partial charge in [0.25, 0.3) is 0 Å². The summed E-state index contributed by atoms with van der Waals surface area (Å²) in [5.74, 6) is 0.756. The van der Waals surface area contributed by atoms with Crippen LogP contribution in [-0.2, 0) is 5.54 Å². The van der Waals surface area contributed by atoms with Gasteiger partial charge in [-0.3, -0.25) is 0 Å². The van der Waals surface area contributed by atoms with Crippen LogP contribution < -0.4 is 5.73 Å². The molecule has 0 unspecified atom stereocenters. The molecule has 66 valence electrons. The first kappa shape index (κ1) is 8.20. The third kappa shape index (κ3) is 1.52. The van der Waals surface area contributed by atoms with Crippen LogP contribution in [0.25, 0.3) is 0 Å². The van der Waals surface area contributed by atoms with E-state index in [1.165, 1.54) is 17.8 Å². The Morgan fingerprint density at radius 2 is 2.25 bits per heavy atom. The fraction of sp³-hybridized carbons (Fsp3) is 0.667. The van der Waals surface area contributed by atoms with Crippen molar-refractivity contribution in [2.24, 2.45) is 5.73 Å². The highest BCUT2D eigenvalue weighted by Crippen LogP contribution is 2.42. The number of hydrogen-bond donors (Lipinski definition) is 1. The molecular formula is C9H14N2S. The molecule has 0 aromatic carbocycles. The fourth-order valence-electron chi connectivity index (χ4n) is 1.10. The molecule has 0 aliphatic heterocycles. The van der Waals surface area contributed by atoms with Crippen LogP contribution in [0, 0.1) is 0 Å². The quantitative estimate of drug-likeness (QED) is 0.761. The van der Waals surface area contributed by atoms with E-state index in [1.54, 1.807) is 11.3 Å². The SMILES string of the molecule is CC(C)(N)c1csc(C2CC2)n1. The van der Waals surface area contributed by atoms with E-state index in [2.05, 4.69) is 10.4 Å². The lowest BCUT2D eigenvalue weighted by Crippen LogP contribution is -2.29. The van der Waals surface area contributed by atoms with Crippen LogP contribution in [0.4, 0.5) is 0 Å². The second kappa shape index (κ2) is 2.54. The van der Waals surface area contributed by atoms with Crippen molar-refractivity contribution in [3.8, 4) is 0 Å². The van der Waals surface area contributed by atoms with Crippen molar-refractivity contribution in [1.29, 1.82) is 0 Å². The molecule has 1 fully saturated rings. The summed E-state index contributed by atoms with van der Waals surface area (Å²) in [6.07, 6.45) is 2.63. The molecule has 1 aromatic heterocycles. The molecule has 1 saturated carbocycles. The zero-order valence-electron chi connectivity index (χ0n) is 7.50. The van der Waals surface area contributed by atoms with E-state index in [0.717, 1.165) is 11.6 Å². The second-order valence-electron chi connectivity index (χ2n) is 4.07. The molecule has 1 heterocycles. The largest absolute Gasteiger partial charge is 0.321 e. The van der Waals surface area contributed by atoms with Crippen LogP contribution in [0.15, 0.2) is 5.38 Å². The van der Waals surface area contributed by atoms with E-state index in [1.807, 2.05) is 13.8 Å². The molecular weight excluding hydrogens is 168 g/mol. The molecule has 1 aliphatic carbocycles. The fourth-order valence-corrected chi connectivity index (χ4v) is 2.27. The van der Waals surface area contributed by atoms with Crippen LogP contribution in [0.2, 0.25) is 0 Å². The van der Waals surface area contributed by atoms with Gasteiger partial charge in [0.2, 0.25) is 0 Å². The van der Waals surface area contributed by atoms with E-state index in [4.69, 9.17) is 5.73 Å². The Hall–Kier alpha value is -0.410. The van der Waals surface area contributed by atoms with Crippen molar-refractivity contribution in [2.45, 2.75) is 38.1 Å².